The number of likely N-dealkylation sites (N-methyl/N-ethyl adjacent to an activating group) is 1. The van der Waals surface area contributed by atoms with E-state index in [1.54, 1.807) is 0 Å². The van der Waals surface area contributed by atoms with Crippen molar-refractivity contribution in [3.63, 3.8) is 0 Å². The van der Waals surface area contributed by atoms with E-state index in [0.717, 1.165) is 48.4 Å². The molecule has 0 aliphatic carbocycles. The van der Waals surface area contributed by atoms with Gasteiger partial charge >= 0.3 is 0 Å². The fraction of sp³-hybridized carbons (Fsp3) is 0.500. The summed E-state index contributed by atoms with van der Waals surface area (Å²) in [5.74, 6) is 1.63. The van der Waals surface area contributed by atoms with E-state index in [9.17, 15) is 0 Å². The Bertz CT molecular complexity index is 501. The van der Waals surface area contributed by atoms with Crippen LogP contribution in [0.25, 0.3) is 0 Å². The molecule has 1 fully saturated rings. The Morgan fingerprint density at radius 3 is 2.75 bits per heavy atom. The third-order valence-corrected chi connectivity index (χ3v) is 4.07. The second kappa shape index (κ2) is 5.85. The minimum atomic E-state index is 0.311. The van der Waals surface area contributed by atoms with Crippen LogP contribution in [0.15, 0.2) is 18.2 Å². The van der Waals surface area contributed by atoms with Gasteiger partial charge in [0, 0.05) is 32.7 Å². The second-order valence-corrected chi connectivity index (χ2v) is 5.52. The summed E-state index contributed by atoms with van der Waals surface area (Å²) in [6.45, 7) is 5.12. The molecule has 0 atom stereocenters. The number of ether oxygens (including phenoxy) is 2. The standard InChI is InChI=1S/C14H19N3O2S/c1-16-4-6-17(7-5-16)14(20)15-9-11-2-3-12-13(8-11)19-10-18-12/h2-3,8H,4-7,9-10H2,1H3,(H,15,20). The number of hydrogen-bond donors (Lipinski definition) is 1. The third kappa shape index (κ3) is 2.96. The van der Waals surface area contributed by atoms with Crippen molar-refractivity contribution in [2.24, 2.45) is 0 Å². The van der Waals surface area contributed by atoms with Crippen molar-refractivity contribution < 1.29 is 9.47 Å². The average molecular weight is 293 g/mol. The number of thiocarbonyl (C=S) groups is 1. The Kier molecular flexibility index (Phi) is 3.93. The van der Waals surface area contributed by atoms with Gasteiger partial charge in [0.1, 0.15) is 0 Å². The van der Waals surface area contributed by atoms with Crippen molar-refractivity contribution in [1.82, 2.24) is 15.1 Å². The molecule has 6 heteroatoms. The highest BCUT2D eigenvalue weighted by Crippen LogP contribution is 2.32. The number of piperazine rings is 1. The van der Waals surface area contributed by atoms with E-state index in [0.29, 0.717) is 13.3 Å². The highest BCUT2D eigenvalue weighted by Gasteiger charge is 2.17. The molecule has 3 rings (SSSR count). The Morgan fingerprint density at radius 1 is 1.20 bits per heavy atom. The molecule has 1 aromatic rings. The molecule has 0 amide bonds. The Morgan fingerprint density at radius 2 is 1.95 bits per heavy atom. The quantitative estimate of drug-likeness (QED) is 0.821. The minimum Gasteiger partial charge on any atom is -0.454 e. The molecule has 1 saturated heterocycles. The van der Waals surface area contributed by atoms with E-state index in [-0.39, 0.29) is 0 Å². The van der Waals surface area contributed by atoms with Gasteiger partial charge in [0.15, 0.2) is 16.6 Å². The molecule has 20 heavy (non-hydrogen) atoms. The van der Waals surface area contributed by atoms with E-state index in [4.69, 9.17) is 21.7 Å². The fourth-order valence-electron chi connectivity index (χ4n) is 2.35. The maximum Gasteiger partial charge on any atom is 0.231 e. The summed E-state index contributed by atoms with van der Waals surface area (Å²) in [4.78, 5) is 4.54. The predicted molar refractivity (Wildman–Crippen MR) is 81.1 cm³/mol. The van der Waals surface area contributed by atoms with Crippen LogP contribution in [0.2, 0.25) is 0 Å². The van der Waals surface area contributed by atoms with Crippen LogP contribution in [0.5, 0.6) is 11.5 Å². The van der Waals surface area contributed by atoms with Gasteiger partial charge in [0.2, 0.25) is 6.79 Å². The first kappa shape index (κ1) is 13.5. The van der Waals surface area contributed by atoms with Crippen molar-refractivity contribution in [3.8, 4) is 11.5 Å². The zero-order valence-electron chi connectivity index (χ0n) is 11.6. The lowest BCUT2D eigenvalue weighted by molar-refractivity contribution is 0.174. The molecule has 0 bridgehead atoms. The zero-order chi connectivity index (χ0) is 13.9. The third-order valence-electron chi connectivity index (χ3n) is 3.67. The molecule has 5 nitrogen and oxygen atoms in total. The summed E-state index contributed by atoms with van der Waals surface area (Å²) in [7, 11) is 2.14. The lowest BCUT2D eigenvalue weighted by atomic mass is 10.2. The van der Waals surface area contributed by atoms with Crippen LogP contribution >= 0.6 is 12.2 Å². The van der Waals surface area contributed by atoms with E-state index >= 15 is 0 Å². The molecule has 0 unspecified atom stereocenters. The number of fused-ring (bicyclic) bond motifs is 1. The highest BCUT2D eigenvalue weighted by molar-refractivity contribution is 7.80. The molecule has 2 aliphatic heterocycles. The van der Waals surface area contributed by atoms with Gasteiger partial charge in [-0.05, 0) is 37.0 Å². The van der Waals surface area contributed by atoms with Gasteiger partial charge < -0.3 is 24.6 Å². The molecule has 0 aromatic heterocycles. The number of nitrogens with one attached hydrogen (secondary N) is 1. The van der Waals surface area contributed by atoms with Crippen LogP contribution in [0.1, 0.15) is 5.56 Å². The van der Waals surface area contributed by atoms with Crippen molar-refractivity contribution >= 4 is 17.3 Å². The molecule has 108 valence electrons. The number of nitrogens with zero attached hydrogens (tertiary/aromatic N) is 2. The largest absolute Gasteiger partial charge is 0.454 e. The first-order chi connectivity index (χ1) is 9.72. The summed E-state index contributed by atoms with van der Waals surface area (Å²) in [6, 6.07) is 5.98. The summed E-state index contributed by atoms with van der Waals surface area (Å²) >= 11 is 5.45. The Labute approximate surface area is 124 Å². The van der Waals surface area contributed by atoms with Gasteiger partial charge in [-0.25, -0.2) is 0 Å². The van der Waals surface area contributed by atoms with Crippen LogP contribution in [-0.4, -0.2) is 54.9 Å². The molecule has 2 aliphatic rings. The van der Waals surface area contributed by atoms with E-state index in [1.165, 1.54) is 0 Å². The van der Waals surface area contributed by atoms with Gasteiger partial charge in [-0.3, -0.25) is 0 Å². The average Bonchev–Trinajstić information content (AvgIpc) is 2.93. The van der Waals surface area contributed by atoms with Gasteiger partial charge in [-0.2, -0.15) is 0 Å². The Hall–Kier alpha value is -1.53. The topological polar surface area (TPSA) is 37.0 Å². The lowest BCUT2D eigenvalue weighted by Crippen LogP contribution is -2.50. The monoisotopic (exact) mass is 293 g/mol. The van der Waals surface area contributed by atoms with Crippen LogP contribution in [-0.2, 0) is 6.54 Å². The van der Waals surface area contributed by atoms with Crippen LogP contribution in [0.3, 0.4) is 0 Å². The normalized spacial score (nSPS) is 18.1. The SMILES string of the molecule is CN1CCN(C(=S)NCc2ccc3c(c2)OCO3)CC1. The van der Waals surface area contributed by atoms with E-state index in [2.05, 4.69) is 22.2 Å². The summed E-state index contributed by atoms with van der Waals surface area (Å²) in [5, 5.41) is 4.15. The molecule has 0 radical (unpaired) electrons. The molecule has 0 spiro atoms. The van der Waals surface area contributed by atoms with E-state index in [1.807, 2.05) is 18.2 Å². The van der Waals surface area contributed by atoms with Crippen LogP contribution in [0.4, 0.5) is 0 Å². The lowest BCUT2D eigenvalue weighted by Gasteiger charge is -2.34. The summed E-state index contributed by atoms with van der Waals surface area (Å²) < 4.78 is 10.7. The van der Waals surface area contributed by atoms with Gasteiger partial charge in [0.25, 0.3) is 0 Å². The molecular formula is C14H19N3O2S. The second-order valence-electron chi connectivity index (χ2n) is 5.14. The molecular weight excluding hydrogens is 274 g/mol. The van der Waals surface area contributed by atoms with Crippen molar-refractivity contribution in [3.05, 3.63) is 23.8 Å². The van der Waals surface area contributed by atoms with Crippen molar-refractivity contribution in [2.75, 3.05) is 40.0 Å². The maximum absolute atomic E-state index is 5.45. The molecule has 0 saturated carbocycles. The van der Waals surface area contributed by atoms with Gasteiger partial charge in [-0.1, -0.05) is 6.07 Å². The summed E-state index contributed by atoms with van der Waals surface area (Å²) in [5.41, 5.74) is 1.14. The first-order valence-electron chi connectivity index (χ1n) is 6.82. The maximum atomic E-state index is 5.45. The summed E-state index contributed by atoms with van der Waals surface area (Å²) in [6.07, 6.45) is 0. The molecule has 1 aromatic carbocycles. The molecule has 2 heterocycles. The molecule has 1 N–H and O–H groups in total. The fourth-order valence-corrected chi connectivity index (χ4v) is 2.60. The Balaban J connectivity index is 1.53. The van der Waals surface area contributed by atoms with Crippen LogP contribution < -0.4 is 14.8 Å². The zero-order valence-corrected chi connectivity index (χ0v) is 12.4. The smallest absolute Gasteiger partial charge is 0.231 e. The predicted octanol–water partition coefficient (Wildman–Crippen LogP) is 1.04. The van der Waals surface area contributed by atoms with Gasteiger partial charge in [0.05, 0.1) is 0 Å². The number of benzene rings is 1. The van der Waals surface area contributed by atoms with Crippen molar-refractivity contribution in [1.29, 1.82) is 0 Å². The number of hydrogen-bond acceptors (Lipinski definition) is 4. The first-order valence-corrected chi connectivity index (χ1v) is 7.23. The van der Waals surface area contributed by atoms with Crippen LogP contribution in [0, 0.1) is 0 Å². The van der Waals surface area contributed by atoms with Gasteiger partial charge in [-0.15, -0.1) is 0 Å². The highest BCUT2D eigenvalue weighted by atomic mass is 32.1. The van der Waals surface area contributed by atoms with Crippen molar-refractivity contribution in [2.45, 2.75) is 6.54 Å². The number of rotatable bonds is 2. The minimum absolute atomic E-state index is 0.311. The van der Waals surface area contributed by atoms with E-state index < -0.39 is 0 Å².